The molecule has 4 heteroatoms. The maximum absolute atomic E-state index is 9.57. The fourth-order valence-corrected chi connectivity index (χ4v) is 0.860. The summed E-state index contributed by atoms with van der Waals surface area (Å²) in [5.41, 5.74) is 4.84. The Balaban J connectivity index is 0. The van der Waals surface area contributed by atoms with Crippen molar-refractivity contribution in [3.05, 3.63) is 0 Å². The molecule has 0 rings (SSSR count). The Kier molecular flexibility index (Phi) is 14.0. The monoisotopic (exact) mass is 207 g/mol. The number of carboxylic acids is 1. The minimum absolute atomic E-state index is 0.731. The first kappa shape index (κ1) is 15.3. The molecule has 2 atom stereocenters. The summed E-state index contributed by atoms with van der Waals surface area (Å²) in [4.78, 5) is 9.57. The molecule has 0 aromatic rings. The van der Waals surface area contributed by atoms with Gasteiger partial charge in [0.25, 0.3) is 0 Å². The Labute approximate surface area is 83.3 Å². The second kappa shape index (κ2) is 11.9. The Morgan fingerprint density at radius 2 is 1.92 bits per heavy atom. The molecule has 80 valence electrons. The molecule has 2 unspecified atom stereocenters. The summed E-state index contributed by atoms with van der Waals surface area (Å²) in [5, 5.41) is 7.87. The number of unbranched alkanes of at least 4 members (excludes halogenated alkanes) is 3. The van der Waals surface area contributed by atoms with Gasteiger partial charge in [-0.15, -0.1) is 9.24 Å². The second-order valence-corrected chi connectivity index (χ2v) is 3.55. The maximum Gasteiger partial charge on any atom is 0.320 e. The molecule has 0 aliphatic rings. The molecule has 0 radical (unpaired) electrons. The van der Waals surface area contributed by atoms with E-state index < -0.39 is 12.0 Å². The molecule has 0 aromatic heterocycles. The van der Waals surface area contributed by atoms with Crippen LogP contribution in [-0.2, 0) is 4.79 Å². The first-order valence-electron chi connectivity index (χ1n) is 4.74. The van der Waals surface area contributed by atoms with Gasteiger partial charge < -0.3 is 10.8 Å². The van der Waals surface area contributed by atoms with E-state index in [1.807, 2.05) is 0 Å². The average molecular weight is 207 g/mol. The maximum atomic E-state index is 9.57. The normalized spacial score (nSPS) is 11.4. The minimum atomic E-state index is -0.963. The van der Waals surface area contributed by atoms with Gasteiger partial charge in [0.1, 0.15) is 6.04 Å². The molecule has 0 fully saturated rings. The molecule has 0 aliphatic carbocycles. The fraction of sp³-hybridized carbons (Fsp3) is 0.889. The van der Waals surface area contributed by atoms with Crippen molar-refractivity contribution in [1.29, 1.82) is 0 Å². The Hall–Kier alpha value is -0.140. The number of hydrogen-bond acceptors (Lipinski definition) is 2. The number of carbonyl (C=O) groups is 1. The van der Waals surface area contributed by atoms with Gasteiger partial charge in [-0.3, -0.25) is 4.79 Å². The number of carboxylic acid groups (broad SMARTS) is 1. The van der Waals surface area contributed by atoms with E-state index in [1.54, 1.807) is 0 Å². The van der Waals surface area contributed by atoms with E-state index in [1.165, 1.54) is 38.8 Å². The summed E-state index contributed by atoms with van der Waals surface area (Å²) in [7, 11) is 2.75. The molecule has 0 spiro atoms. The summed E-state index contributed by atoms with van der Waals surface area (Å²) in [5.74, 6) is -0.963. The molecular formula is C9H22NO2P. The molecule has 3 nitrogen and oxygen atoms in total. The van der Waals surface area contributed by atoms with E-state index in [9.17, 15) is 4.79 Å². The van der Waals surface area contributed by atoms with Crippen molar-refractivity contribution in [3.63, 3.8) is 0 Å². The Bertz CT molecular complexity index is 114. The first-order valence-corrected chi connectivity index (χ1v) is 5.56. The van der Waals surface area contributed by atoms with Gasteiger partial charge in [0.2, 0.25) is 0 Å². The van der Waals surface area contributed by atoms with Gasteiger partial charge >= 0.3 is 5.97 Å². The van der Waals surface area contributed by atoms with Crippen molar-refractivity contribution < 1.29 is 9.90 Å². The van der Waals surface area contributed by atoms with Crippen molar-refractivity contribution in [3.8, 4) is 0 Å². The van der Waals surface area contributed by atoms with E-state index in [-0.39, 0.29) is 0 Å². The van der Waals surface area contributed by atoms with Crippen LogP contribution in [0.5, 0.6) is 0 Å². The lowest BCUT2D eigenvalue weighted by Gasteiger charge is -1.90. The molecule has 13 heavy (non-hydrogen) atoms. The quantitative estimate of drug-likeness (QED) is 0.534. The van der Waals surface area contributed by atoms with Crippen LogP contribution in [0.25, 0.3) is 0 Å². The Morgan fingerprint density at radius 1 is 1.46 bits per heavy atom. The van der Waals surface area contributed by atoms with E-state index >= 15 is 0 Å². The van der Waals surface area contributed by atoms with E-state index in [2.05, 4.69) is 16.2 Å². The third kappa shape index (κ3) is 18.7. The lowest BCUT2D eigenvalue weighted by molar-refractivity contribution is -0.138. The summed E-state index contributed by atoms with van der Waals surface area (Å²) < 4.78 is 0. The molecule has 0 amide bonds. The zero-order chi connectivity index (χ0) is 10.7. The van der Waals surface area contributed by atoms with E-state index in [4.69, 9.17) is 10.8 Å². The van der Waals surface area contributed by atoms with Crippen molar-refractivity contribution in [2.75, 3.05) is 6.16 Å². The first-order chi connectivity index (χ1) is 6.06. The third-order valence-electron chi connectivity index (χ3n) is 1.45. The zero-order valence-electron chi connectivity index (χ0n) is 8.62. The van der Waals surface area contributed by atoms with Crippen LogP contribution in [-0.4, -0.2) is 23.3 Å². The van der Waals surface area contributed by atoms with Crippen LogP contribution in [0.2, 0.25) is 0 Å². The summed E-state index contributed by atoms with van der Waals surface area (Å²) in [6.07, 6.45) is 6.84. The summed E-state index contributed by atoms with van der Waals surface area (Å²) >= 11 is 0. The predicted molar refractivity (Wildman–Crippen MR) is 60.0 cm³/mol. The van der Waals surface area contributed by atoms with Crippen LogP contribution in [0.1, 0.15) is 39.5 Å². The van der Waals surface area contributed by atoms with E-state index in [0.717, 1.165) is 0 Å². The van der Waals surface area contributed by atoms with Gasteiger partial charge in [0.05, 0.1) is 0 Å². The highest BCUT2D eigenvalue weighted by Crippen LogP contribution is 2.00. The van der Waals surface area contributed by atoms with Crippen LogP contribution in [0, 0.1) is 0 Å². The van der Waals surface area contributed by atoms with Crippen LogP contribution in [0.15, 0.2) is 0 Å². The Morgan fingerprint density at radius 3 is 2.15 bits per heavy atom. The van der Waals surface area contributed by atoms with Crippen molar-refractivity contribution >= 4 is 15.2 Å². The average Bonchev–Trinajstić information content (AvgIpc) is 2.06. The van der Waals surface area contributed by atoms with Crippen LogP contribution >= 0.6 is 9.24 Å². The molecule has 0 aliphatic heterocycles. The number of hydrogen-bond donors (Lipinski definition) is 2. The molecule has 0 saturated heterocycles. The number of aliphatic carboxylic acids is 1. The number of nitrogens with two attached hydrogens (primary N) is 1. The SMILES string of the molecule is CC(N)C(=O)O.CCCCCCP. The van der Waals surface area contributed by atoms with Gasteiger partial charge in [-0.05, 0) is 19.5 Å². The number of rotatable bonds is 5. The third-order valence-corrected chi connectivity index (χ3v) is 1.86. The molecule has 0 saturated carbocycles. The molecule has 0 heterocycles. The predicted octanol–water partition coefficient (Wildman–Crippen LogP) is 1.86. The van der Waals surface area contributed by atoms with Crippen molar-refractivity contribution in [2.24, 2.45) is 5.73 Å². The van der Waals surface area contributed by atoms with Crippen LogP contribution < -0.4 is 5.73 Å². The van der Waals surface area contributed by atoms with Crippen molar-refractivity contribution in [1.82, 2.24) is 0 Å². The molecular weight excluding hydrogens is 185 g/mol. The smallest absolute Gasteiger partial charge is 0.320 e. The molecule has 0 aromatic carbocycles. The second-order valence-electron chi connectivity index (χ2n) is 2.98. The van der Waals surface area contributed by atoms with Crippen LogP contribution in [0.4, 0.5) is 0 Å². The topological polar surface area (TPSA) is 63.3 Å². The van der Waals surface area contributed by atoms with Gasteiger partial charge in [0.15, 0.2) is 0 Å². The summed E-state index contributed by atoms with van der Waals surface area (Å²) in [6, 6.07) is -0.731. The zero-order valence-corrected chi connectivity index (χ0v) is 9.78. The summed E-state index contributed by atoms with van der Waals surface area (Å²) in [6.45, 7) is 3.66. The van der Waals surface area contributed by atoms with Gasteiger partial charge in [-0.1, -0.05) is 26.2 Å². The van der Waals surface area contributed by atoms with Crippen LogP contribution in [0.3, 0.4) is 0 Å². The van der Waals surface area contributed by atoms with Gasteiger partial charge in [-0.2, -0.15) is 0 Å². The highest BCUT2D eigenvalue weighted by Gasteiger charge is 1.99. The van der Waals surface area contributed by atoms with E-state index in [0.29, 0.717) is 0 Å². The minimum Gasteiger partial charge on any atom is -0.480 e. The lowest BCUT2D eigenvalue weighted by atomic mass is 10.2. The largest absolute Gasteiger partial charge is 0.480 e. The van der Waals surface area contributed by atoms with Crippen molar-refractivity contribution in [2.45, 2.75) is 45.6 Å². The highest BCUT2D eigenvalue weighted by atomic mass is 31.0. The van der Waals surface area contributed by atoms with Gasteiger partial charge in [-0.25, -0.2) is 0 Å². The lowest BCUT2D eigenvalue weighted by Crippen LogP contribution is -2.25. The molecule has 0 bridgehead atoms. The standard InChI is InChI=1S/C6H15P.C3H7NO2/c1-2-3-4-5-6-7;1-2(4)3(5)6/h2-7H2,1H3;2H,4H2,1H3,(H,5,6). The fourth-order valence-electron chi connectivity index (χ4n) is 0.571. The highest BCUT2D eigenvalue weighted by molar-refractivity contribution is 7.16. The molecule has 3 N–H and O–H groups in total. The van der Waals surface area contributed by atoms with Gasteiger partial charge in [0, 0.05) is 0 Å².